The lowest BCUT2D eigenvalue weighted by Gasteiger charge is -2.03. The summed E-state index contributed by atoms with van der Waals surface area (Å²) >= 11 is 5.72. The van der Waals surface area contributed by atoms with E-state index in [2.05, 4.69) is 10.5 Å². The highest BCUT2D eigenvalue weighted by molar-refractivity contribution is 6.66. The van der Waals surface area contributed by atoms with Gasteiger partial charge in [0.25, 0.3) is 0 Å². The van der Waals surface area contributed by atoms with Crippen LogP contribution in [0.2, 0.25) is 5.02 Å². The lowest BCUT2D eigenvalue weighted by Crippen LogP contribution is -2.19. The standard InChI is InChI=1S/C11H12ClN3O/c1-7(13)11(8(2)16)15-14-10-5-3-9(12)4-6-10/h3-6,13-14H,1-2H3/b13-7?,15-11+. The van der Waals surface area contributed by atoms with Gasteiger partial charge in [-0.2, -0.15) is 5.10 Å². The number of hydrogen-bond acceptors (Lipinski definition) is 4. The Balaban J connectivity index is 2.81. The molecular formula is C11H12ClN3O. The van der Waals surface area contributed by atoms with Gasteiger partial charge in [0.1, 0.15) is 5.71 Å². The predicted molar refractivity (Wildman–Crippen MR) is 66.6 cm³/mol. The Morgan fingerprint density at radius 3 is 2.31 bits per heavy atom. The molecular weight excluding hydrogens is 226 g/mol. The minimum absolute atomic E-state index is 0.120. The summed E-state index contributed by atoms with van der Waals surface area (Å²) in [5.41, 5.74) is 3.67. The second-order valence-corrected chi connectivity index (χ2v) is 3.70. The maximum absolute atomic E-state index is 11.1. The number of ketones is 1. The molecule has 1 rings (SSSR count). The van der Waals surface area contributed by atoms with E-state index in [1.807, 2.05) is 0 Å². The molecule has 0 amide bonds. The molecule has 0 aromatic heterocycles. The van der Waals surface area contributed by atoms with Crippen LogP contribution in [0.3, 0.4) is 0 Å². The Morgan fingerprint density at radius 1 is 1.31 bits per heavy atom. The summed E-state index contributed by atoms with van der Waals surface area (Å²) in [6.45, 7) is 2.89. The third-order valence-corrected chi connectivity index (χ3v) is 2.08. The SMILES string of the molecule is CC(=N)/C(=N\Nc1ccc(Cl)cc1)C(C)=O. The van der Waals surface area contributed by atoms with Crippen LogP contribution in [0.25, 0.3) is 0 Å². The number of anilines is 1. The van der Waals surface area contributed by atoms with E-state index in [4.69, 9.17) is 17.0 Å². The first-order chi connectivity index (χ1) is 7.50. The quantitative estimate of drug-likeness (QED) is 0.625. The molecule has 0 atom stereocenters. The number of carbonyl (C=O) groups excluding carboxylic acids is 1. The molecule has 2 N–H and O–H groups in total. The summed E-state index contributed by atoms with van der Waals surface area (Å²) in [6.07, 6.45) is 0. The number of benzene rings is 1. The van der Waals surface area contributed by atoms with Crippen LogP contribution < -0.4 is 5.43 Å². The van der Waals surface area contributed by atoms with Gasteiger partial charge in [0.15, 0.2) is 5.78 Å². The fourth-order valence-corrected chi connectivity index (χ4v) is 1.20. The van der Waals surface area contributed by atoms with Gasteiger partial charge in [0.05, 0.1) is 11.4 Å². The Bertz CT molecular complexity index is 421. The summed E-state index contributed by atoms with van der Waals surface area (Å²) in [5.74, 6) is -0.242. The highest BCUT2D eigenvalue weighted by atomic mass is 35.5. The number of halogens is 1. The Hall–Kier alpha value is -1.68. The number of hydrogen-bond donors (Lipinski definition) is 2. The van der Waals surface area contributed by atoms with Crippen LogP contribution in [-0.2, 0) is 4.79 Å². The third-order valence-electron chi connectivity index (χ3n) is 1.83. The van der Waals surface area contributed by atoms with E-state index in [9.17, 15) is 4.79 Å². The number of carbonyl (C=O) groups is 1. The molecule has 0 fully saturated rings. The Labute approximate surface area is 98.8 Å². The zero-order valence-corrected chi connectivity index (χ0v) is 9.80. The minimum Gasteiger partial charge on any atom is -0.303 e. The minimum atomic E-state index is -0.242. The lowest BCUT2D eigenvalue weighted by atomic mass is 10.2. The van der Waals surface area contributed by atoms with Gasteiger partial charge in [-0.25, -0.2) is 0 Å². The highest BCUT2D eigenvalue weighted by Gasteiger charge is 2.07. The summed E-state index contributed by atoms with van der Waals surface area (Å²) in [7, 11) is 0. The normalized spacial score (nSPS) is 11.1. The van der Waals surface area contributed by atoms with E-state index in [0.717, 1.165) is 0 Å². The molecule has 84 valence electrons. The zero-order chi connectivity index (χ0) is 12.1. The van der Waals surface area contributed by atoms with Crippen molar-refractivity contribution in [3.63, 3.8) is 0 Å². The van der Waals surface area contributed by atoms with Crippen molar-refractivity contribution in [3.05, 3.63) is 29.3 Å². The van der Waals surface area contributed by atoms with Gasteiger partial charge in [-0.3, -0.25) is 10.2 Å². The van der Waals surface area contributed by atoms with Crippen LogP contribution >= 0.6 is 11.6 Å². The molecule has 0 aliphatic rings. The summed E-state index contributed by atoms with van der Waals surface area (Å²) < 4.78 is 0. The van der Waals surface area contributed by atoms with E-state index in [-0.39, 0.29) is 17.2 Å². The largest absolute Gasteiger partial charge is 0.303 e. The first kappa shape index (κ1) is 12.4. The molecule has 0 radical (unpaired) electrons. The Morgan fingerprint density at radius 2 is 1.88 bits per heavy atom. The molecule has 0 unspecified atom stereocenters. The molecule has 4 nitrogen and oxygen atoms in total. The molecule has 0 bridgehead atoms. The lowest BCUT2D eigenvalue weighted by molar-refractivity contribution is -0.110. The van der Waals surface area contributed by atoms with Crippen molar-refractivity contribution in [2.24, 2.45) is 5.10 Å². The van der Waals surface area contributed by atoms with E-state index < -0.39 is 0 Å². The van der Waals surface area contributed by atoms with Crippen molar-refractivity contribution in [1.29, 1.82) is 5.41 Å². The van der Waals surface area contributed by atoms with Gasteiger partial charge in [0.2, 0.25) is 0 Å². The van der Waals surface area contributed by atoms with Gasteiger partial charge in [-0.1, -0.05) is 11.6 Å². The van der Waals surface area contributed by atoms with Crippen LogP contribution in [-0.4, -0.2) is 17.2 Å². The monoisotopic (exact) mass is 237 g/mol. The number of nitrogens with zero attached hydrogens (tertiary/aromatic N) is 1. The molecule has 0 saturated heterocycles. The number of nitrogens with one attached hydrogen (secondary N) is 2. The van der Waals surface area contributed by atoms with Gasteiger partial charge in [-0.05, 0) is 31.2 Å². The van der Waals surface area contributed by atoms with Crippen LogP contribution in [0.5, 0.6) is 0 Å². The van der Waals surface area contributed by atoms with Crippen LogP contribution in [0.4, 0.5) is 5.69 Å². The smallest absolute Gasteiger partial charge is 0.181 e. The number of rotatable bonds is 4. The van der Waals surface area contributed by atoms with E-state index in [1.54, 1.807) is 24.3 Å². The van der Waals surface area contributed by atoms with Crippen molar-refractivity contribution in [1.82, 2.24) is 0 Å². The second-order valence-electron chi connectivity index (χ2n) is 3.26. The molecule has 0 aliphatic heterocycles. The third kappa shape index (κ3) is 3.47. The fraction of sp³-hybridized carbons (Fsp3) is 0.182. The maximum atomic E-state index is 11.1. The molecule has 0 spiro atoms. The van der Waals surface area contributed by atoms with Crippen LogP contribution in [0, 0.1) is 5.41 Å². The van der Waals surface area contributed by atoms with E-state index in [1.165, 1.54) is 13.8 Å². The molecule has 0 saturated carbocycles. The average Bonchev–Trinajstić information content (AvgIpc) is 2.20. The van der Waals surface area contributed by atoms with Crippen LogP contribution in [0.1, 0.15) is 13.8 Å². The summed E-state index contributed by atoms with van der Waals surface area (Å²) in [6, 6.07) is 6.90. The average molecular weight is 238 g/mol. The van der Waals surface area contributed by atoms with Gasteiger partial charge in [-0.15, -0.1) is 0 Å². The van der Waals surface area contributed by atoms with Gasteiger partial charge >= 0.3 is 0 Å². The molecule has 0 heterocycles. The van der Waals surface area contributed by atoms with Gasteiger partial charge in [0, 0.05) is 11.9 Å². The topological polar surface area (TPSA) is 65.3 Å². The number of hydrazone groups is 1. The molecule has 1 aromatic carbocycles. The summed E-state index contributed by atoms with van der Waals surface area (Å²) in [5, 5.41) is 11.9. The molecule has 16 heavy (non-hydrogen) atoms. The zero-order valence-electron chi connectivity index (χ0n) is 9.04. The first-order valence-electron chi connectivity index (χ1n) is 4.66. The molecule has 5 heteroatoms. The summed E-state index contributed by atoms with van der Waals surface area (Å²) in [4.78, 5) is 11.1. The number of Topliss-reactive ketones (excluding diaryl/α,β-unsaturated/α-hetero) is 1. The predicted octanol–water partition coefficient (Wildman–Crippen LogP) is 2.74. The van der Waals surface area contributed by atoms with E-state index in [0.29, 0.717) is 10.7 Å². The fourth-order valence-electron chi connectivity index (χ4n) is 1.07. The van der Waals surface area contributed by atoms with Crippen LogP contribution in [0.15, 0.2) is 29.4 Å². The Kier molecular flexibility index (Phi) is 4.19. The van der Waals surface area contributed by atoms with E-state index >= 15 is 0 Å². The van der Waals surface area contributed by atoms with Crippen molar-refractivity contribution in [3.8, 4) is 0 Å². The highest BCUT2D eigenvalue weighted by Crippen LogP contribution is 2.13. The maximum Gasteiger partial charge on any atom is 0.181 e. The van der Waals surface area contributed by atoms with Gasteiger partial charge < -0.3 is 5.41 Å². The second kappa shape index (κ2) is 5.42. The molecule has 0 aliphatic carbocycles. The van der Waals surface area contributed by atoms with Crippen molar-refractivity contribution < 1.29 is 4.79 Å². The van der Waals surface area contributed by atoms with Crippen molar-refractivity contribution in [2.45, 2.75) is 13.8 Å². The molecule has 1 aromatic rings. The van der Waals surface area contributed by atoms with Crippen molar-refractivity contribution in [2.75, 3.05) is 5.43 Å². The first-order valence-corrected chi connectivity index (χ1v) is 5.04. The van der Waals surface area contributed by atoms with Crippen molar-refractivity contribution >= 4 is 34.5 Å².